The third kappa shape index (κ3) is 2.93. The predicted octanol–water partition coefficient (Wildman–Crippen LogP) is 2.77. The lowest BCUT2D eigenvalue weighted by atomic mass is 10.2. The number of hydrogen-bond donors (Lipinski definition) is 1. The van der Waals surface area contributed by atoms with Crippen molar-refractivity contribution < 1.29 is 5.11 Å². The molecule has 0 heterocycles. The number of fused-ring (bicyclic) bond motifs is 1. The summed E-state index contributed by atoms with van der Waals surface area (Å²) in [6.07, 6.45) is 1.24. The Labute approximate surface area is 90.0 Å². The maximum absolute atomic E-state index is 8.54. The molecule has 3 rings (SSSR count). The van der Waals surface area contributed by atoms with Gasteiger partial charge in [0.1, 0.15) is 0 Å². The molecule has 0 bridgehead atoms. The molecule has 15 heavy (non-hydrogen) atoms. The Morgan fingerprint density at radius 1 is 0.800 bits per heavy atom. The van der Waals surface area contributed by atoms with Gasteiger partial charge in [-0.25, -0.2) is 0 Å². The van der Waals surface area contributed by atoms with Gasteiger partial charge in [0.05, 0.1) is 6.61 Å². The summed E-state index contributed by atoms with van der Waals surface area (Å²) >= 11 is 0. The Kier molecular flexibility index (Phi) is 3.15. The van der Waals surface area contributed by atoms with Crippen molar-refractivity contribution in [2.45, 2.75) is 13.0 Å². The average Bonchev–Trinajstić information content (AvgIpc) is 3.10. The molecule has 0 spiro atoms. The Balaban J connectivity index is 0.000000114. The van der Waals surface area contributed by atoms with E-state index < -0.39 is 0 Å². The van der Waals surface area contributed by atoms with Gasteiger partial charge in [-0.05, 0) is 23.1 Å². The smallest absolute Gasteiger partial charge is 0.0681 e. The molecule has 0 aromatic heterocycles. The highest BCUT2D eigenvalue weighted by molar-refractivity contribution is 5.44. The van der Waals surface area contributed by atoms with Crippen molar-refractivity contribution in [3.8, 4) is 0 Å². The summed E-state index contributed by atoms with van der Waals surface area (Å²) in [7, 11) is 0. The fourth-order valence-corrected chi connectivity index (χ4v) is 1.42. The van der Waals surface area contributed by atoms with Crippen molar-refractivity contribution in [1.82, 2.24) is 0 Å². The summed E-state index contributed by atoms with van der Waals surface area (Å²) in [5.41, 5.74) is 4.03. The first kappa shape index (κ1) is 9.94. The van der Waals surface area contributed by atoms with Crippen LogP contribution in [-0.4, -0.2) is 5.11 Å². The summed E-state index contributed by atoms with van der Waals surface area (Å²) < 4.78 is 0. The highest BCUT2D eigenvalue weighted by Crippen LogP contribution is 2.25. The number of aliphatic hydroxyl groups excluding tert-OH is 1. The maximum Gasteiger partial charge on any atom is 0.0681 e. The number of rotatable bonds is 1. The molecule has 0 unspecified atom stereocenters. The van der Waals surface area contributed by atoms with Crippen molar-refractivity contribution in [3.63, 3.8) is 0 Å². The van der Waals surface area contributed by atoms with E-state index in [1.807, 2.05) is 30.3 Å². The van der Waals surface area contributed by atoms with Gasteiger partial charge in [0.15, 0.2) is 0 Å². The van der Waals surface area contributed by atoms with Crippen LogP contribution in [0.15, 0.2) is 54.6 Å². The van der Waals surface area contributed by atoms with Gasteiger partial charge in [0.2, 0.25) is 0 Å². The minimum Gasteiger partial charge on any atom is -0.392 e. The van der Waals surface area contributed by atoms with Crippen LogP contribution in [0.1, 0.15) is 16.7 Å². The minimum absolute atomic E-state index is 0.140. The van der Waals surface area contributed by atoms with Crippen LogP contribution < -0.4 is 0 Å². The van der Waals surface area contributed by atoms with Gasteiger partial charge >= 0.3 is 0 Å². The van der Waals surface area contributed by atoms with Crippen LogP contribution in [0.4, 0.5) is 0 Å². The Bertz CT molecular complexity index is 399. The van der Waals surface area contributed by atoms with E-state index in [2.05, 4.69) is 24.3 Å². The molecule has 0 radical (unpaired) electrons. The van der Waals surface area contributed by atoms with Crippen molar-refractivity contribution in [3.05, 3.63) is 71.3 Å². The highest BCUT2D eigenvalue weighted by atomic mass is 16.3. The van der Waals surface area contributed by atoms with Gasteiger partial charge in [-0.2, -0.15) is 0 Å². The Morgan fingerprint density at radius 3 is 1.73 bits per heavy atom. The summed E-state index contributed by atoms with van der Waals surface area (Å²) in [5.74, 6) is 0. The first-order valence-corrected chi connectivity index (χ1v) is 5.11. The molecule has 76 valence electrons. The van der Waals surface area contributed by atoms with E-state index in [-0.39, 0.29) is 6.61 Å². The lowest BCUT2D eigenvalue weighted by molar-refractivity contribution is 0.282. The molecule has 0 saturated heterocycles. The predicted molar refractivity (Wildman–Crippen MR) is 61.6 cm³/mol. The van der Waals surface area contributed by atoms with Crippen LogP contribution in [0.5, 0.6) is 0 Å². The maximum atomic E-state index is 8.54. The van der Waals surface area contributed by atoms with Crippen LogP contribution in [-0.2, 0) is 13.0 Å². The quantitative estimate of drug-likeness (QED) is 0.637. The van der Waals surface area contributed by atoms with E-state index in [0.717, 1.165) is 5.56 Å². The summed E-state index contributed by atoms with van der Waals surface area (Å²) in [5, 5.41) is 8.54. The molecule has 0 aliphatic heterocycles. The highest BCUT2D eigenvalue weighted by Gasteiger charge is 2.12. The summed E-state index contributed by atoms with van der Waals surface area (Å²) in [4.78, 5) is 0. The fourth-order valence-electron chi connectivity index (χ4n) is 1.42. The monoisotopic (exact) mass is 198 g/mol. The van der Waals surface area contributed by atoms with Gasteiger partial charge in [-0.1, -0.05) is 54.6 Å². The zero-order valence-electron chi connectivity index (χ0n) is 8.56. The second-order valence-electron chi connectivity index (χ2n) is 3.59. The zero-order valence-corrected chi connectivity index (χ0v) is 8.56. The second kappa shape index (κ2) is 4.76. The zero-order chi connectivity index (χ0) is 10.5. The number of hydrogen-bond acceptors (Lipinski definition) is 1. The van der Waals surface area contributed by atoms with E-state index in [9.17, 15) is 0 Å². The normalized spacial score (nSPS) is 11.0. The van der Waals surface area contributed by atoms with E-state index >= 15 is 0 Å². The van der Waals surface area contributed by atoms with Crippen LogP contribution in [0, 0.1) is 0 Å². The molecule has 0 atom stereocenters. The van der Waals surface area contributed by atoms with E-state index in [4.69, 9.17) is 5.11 Å². The van der Waals surface area contributed by atoms with Crippen molar-refractivity contribution in [1.29, 1.82) is 0 Å². The number of aliphatic hydroxyl groups is 1. The van der Waals surface area contributed by atoms with Crippen LogP contribution in [0.2, 0.25) is 0 Å². The molecule has 1 heteroatoms. The van der Waals surface area contributed by atoms with Crippen molar-refractivity contribution in [2.24, 2.45) is 0 Å². The van der Waals surface area contributed by atoms with Gasteiger partial charge in [-0.3, -0.25) is 0 Å². The largest absolute Gasteiger partial charge is 0.392 e. The van der Waals surface area contributed by atoms with Crippen LogP contribution >= 0.6 is 0 Å². The number of benzene rings is 2. The second-order valence-corrected chi connectivity index (χ2v) is 3.59. The van der Waals surface area contributed by atoms with E-state index in [1.165, 1.54) is 17.5 Å². The first-order chi connectivity index (χ1) is 7.40. The summed E-state index contributed by atoms with van der Waals surface area (Å²) in [6.45, 7) is 0.140. The average molecular weight is 198 g/mol. The van der Waals surface area contributed by atoms with Gasteiger partial charge in [0, 0.05) is 0 Å². The molecule has 0 fully saturated rings. The van der Waals surface area contributed by atoms with E-state index in [1.54, 1.807) is 0 Å². The van der Waals surface area contributed by atoms with Crippen molar-refractivity contribution in [2.75, 3.05) is 0 Å². The fraction of sp³-hybridized carbons (Fsp3) is 0.143. The minimum atomic E-state index is 0.140. The first-order valence-electron chi connectivity index (χ1n) is 5.11. The molecule has 0 amide bonds. The lowest BCUT2D eigenvalue weighted by Gasteiger charge is -1.89. The summed E-state index contributed by atoms with van der Waals surface area (Å²) in [6, 6.07) is 18.1. The van der Waals surface area contributed by atoms with Crippen LogP contribution in [0.3, 0.4) is 0 Å². The topological polar surface area (TPSA) is 20.2 Å². The third-order valence-corrected chi connectivity index (χ3v) is 2.40. The molecular weight excluding hydrogens is 184 g/mol. The van der Waals surface area contributed by atoms with Gasteiger partial charge < -0.3 is 5.11 Å². The molecular formula is C14H14O. The molecule has 0 saturated carbocycles. The molecule has 1 nitrogen and oxygen atoms in total. The molecule has 1 aliphatic carbocycles. The third-order valence-electron chi connectivity index (χ3n) is 2.40. The molecule has 1 aliphatic rings. The molecule has 2 aromatic rings. The Morgan fingerprint density at radius 2 is 1.33 bits per heavy atom. The Hall–Kier alpha value is -1.60. The SMILES string of the molecule is OCc1ccccc1.c1ccc2c(c1)C2. The standard InChI is InChI=1S/C7H8O.C7H6/c8-6-7-4-2-1-3-5-7;1-2-4-7-5-6(7)3-1/h1-5,8H,6H2;1-4H,5H2. The van der Waals surface area contributed by atoms with Crippen LogP contribution in [0.25, 0.3) is 0 Å². The van der Waals surface area contributed by atoms with Gasteiger partial charge in [-0.15, -0.1) is 0 Å². The molecule has 1 N–H and O–H groups in total. The van der Waals surface area contributed by atoms with E-state index in [0.29, 0.717) is 0 Å². The van der Waals surface area contributed by atoms with Crippen molar-refractivity contribution >= 4 is 0 Å². The van der Waals surface area contributed by atoms with Gasteiger partial charge in [0.25, 0.3) is 0 Å². The lowest BCUT2D eigenvalue weighted by Crippen LogP contribution is -1.77. The molecule has 2 aromatic carbocycles.